The first-order valence-electron chi connectivity index (χ1n) is 13.0. The van der Waals surface area contributed by atoms with Crippen molar-refractivity contribution in [2.24, 2.45) is 52.3 Å². The zero-order chi connectivity index (χ0) is 21.0. The van der Waals surface area contributed by atoms with E-state index in [0.29, 0.717) is 22.7 Å². The fraction of sp³-hybridized carbons (Fsp3) is 0.929. The van der Waals surface area contributed by atoms with Crippen molar-refractivity contribution in [1.29, 1.82) is 0 Å². The second-order valence-corrected chi connectivity index (χ2v) is 12.8. The Hall–Kier alpha value is -0.300. The van der Waals surface area contributed by atoms with Gasteiger partial charge in [-0.1, -0.05) is 72.5 Å². The van der Waals surface area contributed by atoms with Crippen LogP contribution in [0.25, 0.3) is 0 Å². The van der Waals surface area contributed by atoms with Crippen LogP contribution in [0.3, 0.4) is 0 Å². The predicted octanol–water partition coefficient (Wildman–Crippen LogP) is 7.63. The average molecular weight is 401 g/mol. The number of aliphatic hydroxyl groups is 1. The van der Waals surface area contributed by atoms with E-state index in [1.54, 1.807) is 5.57 Å². The van der Waals surface area contributed by atoms with Gasteiger partial charge in [0, 0.05) is 0 Å². The molecule has 0 saturated heterocycles. The molecule has 9 atom stereocenters. The molecule has 3 fully saturated rings. The molecule has 0 amide bonds. The van der Waals surface area contributed by atoms with E-state index in [2.05, 4.69) is 47.6 Å². The lowest BCUT2D eigenvalue weighted by atomic mass is 9.46. The largest absolute Gasteiger partial charge is 0.393 e. The van der Waals surface area contributed by atoms with Gasteiger partial charge >= 0.3 is 0 Å². The zero-order valence-corrected chi connectivity index (χ0v) is 20.2. The highest BCUT2D eigenvalue weighted by Gasteiger charge is 2.61. The van der Waals surface area contributed by atoms with Crippen LogP contribution in [0.2, 0.25) is 0 Å². The second-order valence-electron chi connectivity index (χ2n) is 12.8. The van der Waals surface area contributed by atoms with Gasteiger partial charge in [-0.2, -0.15) is 0 Å². The third-order valence-corrected chi connectivity index (χ3v) is 10.5. The minimum atomic E-state index is -0.0673. The molecule has 166 valence electrons. The molecule has 3 saturated carbocycles. The van der Waals surface area contributed by atoms with Crippen molar-refractivity contribution in [2.75, 3.05) is 0 Å². The molecular weight excluding hydrogens is 352 g/mol. The van der Waals surface area contributed by atoms with E-state index in [4.69, 9.17) is 0 Å². The number of fused-ring (bicyclic) bond motifs is 5. The minimum Gasteiger partial charge on any atom is -0.393 e. The first kappa shape index (κ1) is 21.9. The Morgan fingerprint density at radius 1 is 1.07 bits per heavy atom. The third kappa shape index (κ3) is 3.66. The summed E-state index contributed by atoms with van der Waals surface area (Å²) < 4.78 is 0. The van der Waals surface area contributed by atoms with Crippen molar-refractivity contribution in [3.05, 3.63) is 11.6 Å². The minimum absolute atomic E-state index is 0.0673. The third-order valence-electron chi connectivity index (χ3n) is 10.5. The Morgan fingerprint density at radius 3 is 2.55 bits per heavy atom. The molecule has 0 aromatic rings. The Bertz CT molecular complexity index is 620. The summed E-state index contributed by atoms with van der Waals surface area (Å²) in [5.41, 5.74) is 2.63. The van der Waals surface area contributed by atoms with Crippen molar-refractivity contribution >= 4 is 0 Å². The van der Waals surface area contributed by atoms with Crippen LogP contribution in [0, 0.1) is 52.3 Å². The Labute approximate surface area is 181 Å². The van der Waals surface area contributed by atoms with Gasteiger partial charge in [-0.3, -0.25) is 0 Å². The van der Waals surface area contributed by atoms with Gasteiger partial charge in [0.2, 0.25) is 0 Å². The molecular formula is C28H48O. The predicted molar refractivity (Wildman–Crippen MR) is 124 cm³/mol. The van der Waals surface area contributed by atoms with Crippen LogP contribution >= 0.6 is 0 Å². The SMILES string of the molecule is CC(C)CCC[C@@H](C)[C@H]1[C@@H](O)C[C@H]2[C@@H]3CC=C4C[C@H](C)CC[C@]4(C)[C@H]3CC[C@]12C. The summed E-state index contributed by atoms with van der Waals surface area (Å²) in [5.74, 6) is 5.29. The lowest BCUT2D eigenvalue weighted by molar-refractivity contribution is -0.0577. The first-order valence-corrected chi connectivity index (χ1v) is 13.0. The van der Waals surface area contributed by atoms with Crippen molar-refractivity contribution < 1.29 is 5.11 Å². The van der Waals surface area contributed by atoms with Gasteiger partial charge < -0.3 is 5.11 Å². The van der Waals surface area contributed by atoms with E-state index in [9.17, 15) is 5.11 Å². The Balaban J connectivity index is 1.53. The molecule has 0 aromatic carbocycles. The fourth-order valence-corrected chi connectivity index (χ4v) is 8.95. The molecule has 4 aliphatic rings. The summed E-state index contributed by atoms with van der Waals surface area (Å²) in [6.07, 6.45) is 15.9. The van der Waals surface area contributed by atoms with E-state index in [-0.39, 0.29) is 6.10 Å². The summed E-state index contributed by atoms with van der Waals surface area (Å²) in [4.78, 5) is 0. The maximum Gasteiger partial charge on any atom is 0.0579 e. The van der Waals surface area contributed by atoms with Gasteiger partial charge in [0.05, 0.1) is 6.10 Å². The normalized spacial score (nSPS) is 47.9. The van der Waals surface area contributed by atoms with Gasteiger partial charge in [-0.25, -0.2) is 0 Å². The highest BCUT2D eigenvalue weighted by Crippen LogP contribution is 2.67. The molecule has 0 spiro atoms. The second kappa shape index (κ2) is 7.99. The molecule has 1 N–H and O–H groups in total. The maximum absolute atomic E-state index is 11.3. The van der Waals surface area contributed by atoms with Gasteiger partial charge in [-0.05, 0) is 97.2 Å². The van der Waals surface area contributed by atoms with E-state index in [1.807, 2.05) is 0 Å². The van der Waals surface area contributed by atoms with E-state index in [0.717, 1.165) is 36.0 Å². The standard InChI is InChI=1S/C28H48O/c1-18(2)8-7-9-20(4)26-25(29)17-24-22-11-10-21-16-19(3)12-14-27(21,5)23(22)13-15-28(24,26)6/h10,18-20,22-26,29H,7-9,11-17H2,1-6H3/t19-,20-,22-,23+,24+,25+,26+,27+,28+/m1/s1. The van der Waals surface area contributed by atoms with Crippen LogP contribution in [0.5, 0.6) is 0 Å². The summed E-state index contributed by atoms with van der Waals surface area (Å²) in [6.45, 7) is 14.8. The Kier molecular flexibility index (Phi) is 6.04. The van der Waals surface area contributed by atoms with Crippen LogP contribution in [0.4, 0.5) is 0 Å². The van der Waals surface area contributed by atoms with Crippen LogP contribution in [-0.2, 0) is 0 Å². The summed E-state index contributed by atoms with van der Waals surface area (Å²) in [5, 5.41) is 11.3. The lowest BCUT2D eigenvalue weighted by Crippen LogP contribution is -2.50. The van der Waals surface area contributed by atoms with Crippen molar-refractivity contribution in [3.63, 3.8) is 0 Å². The molecule has 0 unspecified atom stereocenters. The highest BCUT2D eigenvalue weighted by atomic mass is 16.3. The van der Waals surface area contributed by atoms with Crippen molar-refractivity contribution in [2.45, 2.75) is 112 Å². The molecule has 29 heavy (non-hydrogen) atoms. The summed E-state index contributed by atoms with van der Waals surface area (Å²) in [7, 11) is 0. The number of rotatable bonds is 5. The van der Waals surface area contributed by atoms with Crippen molar-refractivity contribution in [3.8, 4) is 0 Å². The summed E-state index contributed by atoms with van der Waals surface area (Å²) in [6, 6.07) is 0. The van der Waals surface area contributed by atoms with Gasteiger partial charge in [-0.15, -0.1) is 0 Å². The molecule has 0 heterocycles. The molecule has 1 heteroatoms. The topological polar surface area (TPSA) is 20.2 Å². The number of allylic oxidation sites excluding steroid dienone is 2. The van der Waals surface area contributed by atoms with Gasteiger partial charge in [0.1, 0.15) is 0 Å². The van der Waals surface area contributed by atoms with Crippen LogP contribution in [0.15, 0.2) is 11.6 Å². The van der Waals surface area contributed by atoms with E-state index in [1.165, 1.54) is 57.8 Å². The van der Waals surface area contributed by atoms with Crippen LogP contribution in [0.1, 0.15) is 106 Å². The first-order chi connectivity index (χ1) is 13.7. The lowest BCUT2D eigenvalue weighted by Gasteiger charge is -2.58. The monoisotopic (exact) mass is 400 g/mol. The van der Waals surface area contributed by atoms with Crippen molar-refractivity contribution in [1.82, 2.24) is 0 Å². The average Bonchev–Trinajstić information content (AvgIpc) is 2.92. The molecule has 0 aromatic heterocycles. The van der Waals surface area contributed by atoms with E-state index < -0.39 is 0 Å². The molecule has 0 bridgehead atoms. The molecule has 0 aliphatic heterocycles. The van der Waals surface area contributed by atoms with E-state index >= 15 is 0 Å². The fourth-order valence-electron chi connectivity index (χ4n) is 8.95. The number of hydrogen-bond acceptors (Lipinski definition) is 1. The Morgan fingerprint density at radius 2 is 1.83 bits per heavy atom. The van der Waals surface area contributed by atoms with Gasteiger partial charge in [0.15, 0.2) is 0 Å². The quantitative estimate of drug-likeness (QED) is 0.470. The van der Waals surface area contributed by atoms with Crippen LogP contribution in [-0.4, -0.2) is 11.2 Å². The maximum atomic E-state index is 11.3. The number of aliphatic hydroxyl groups excluding tert-OH is 1. The number of hydrogen-bond donors (Lipinski definition) is 1. The molecule has 4 rings (SSSR count). The van der Waals surface area contributed by atoms with Gasteiger partial charge in [0.25, 0.3) is 0 Å². The highest BCUT2D eigenvalue weighted by molar-refractivity contribution is 5.25. The molecule has 4 aliphatic carbocycles. The summed E-state index contributed by atoms with van der Waals surface area (Å²) >= 11 is 0. The molecule has 1 nitrogen and oxygen atoms in total. The van der Waals surface area contributed by atoms with Crippen LogP contribution < -0.4 is 0 Å². The zero-order valence-electron chi connectivity index (χ0n) is 20.2. The molecule has 0 radical (unpaired) electrons. The smallest absolute Gasteiger partial charge is 0.0579 e.